The number of para-hydroxylation sites is 1. The molecule has 0 fully saturated rings. The highest BCUT2D eigenvalue weighted by Gasteiger charge is 2.21. The third-order valence-electron chi connectivity index (χ3n) is 3.72. The van der Waals surface area contributed by atoms with Gasteiger partial charge in [0.15, 0.2) is 5.69 Å². The maximum absolute atomic E-state index is 12.3. The van der Waals surface area contributed by atoms with E-state index in [1.807, 2.05) is 30.3 Å². The summed E-state index contributed by atoms with van der Waals surface area (Å²) in [6.07, 6.45) is 1.72. The Kier molecular flexibility index (Phi) is 4.03. The Bertz CT molecular complexity index is 853. The van der Waals surface area contributed by atoms with Gasteiger partial charge in [-0.2, -0.15) is 0 Å². The molecule has 0 aliphatic carbocycles. The third-order valence-corrected chi connectivity index (χ3v) is 3.72. The number of carbonyl (C=O) groups is 1. The molecule has 0 aliphatic heterocycles. The Balaban J connectivity index is 2.06. The number of aliphatic hydroxyl groups excluding tert-OH is 1. The van der Waals surface area contributed by atoms with E-state index in [9.17, 15) is 4.79 Å². The van der Waals surface area contributed by atoms with Crippen LogP contribution in [0.15, 0.2) is 36.5 Å². The summed E-state index contributed by atoms with van der Waals surface area (Å²) in [7, 11) is 1.62. The average molecular weight is 311 g/mol. The van der Waals surface area contributed by atoms with Crippen molar-refractivity contribution in [2.45, 2.75) is 6.92 Å². The molecule has 3 rings (SSSR count). The van der Waals surface area contributed by atoms with E-state index < -0.39 is 0 Å². The first-order valence-corrected chi connectivity index (χ1v) is 7.26. The number of carbonyl (C=O) groups excluding carboxylic acids is 1. The molecule has 7 heteroatoms. The fourth-order valence-corrected chi connectivity index (χ4v) is 2.45. The van der Waals surface area contributed by atoms with E-state index in [2.05, 4.69) is 15.3 Å². The Morgan fingerprint density at radius 1 is 1.30 bits per heavy atom. The van der Waals surface area contributed by atoms with Gasteiger partial charge in [0.05, 0.1) is 23.5 Å². The molecule has 0 spiro atoms. The van der Waals surface area contributed by atoms with E-state index >= 15 is 0 Å². The summed E-state index contributed by atoms with van der Waals surface area (Å²) in [4.78, 5) is 18.2. The maximum Gasteiger partial charge on any atom is 0.276 e. The van der Waals surface area contributed by atoms with Gasteiger partial charge >= 0.3 is 0 Å². The smallest absolute Gasteiger partial charge is 0.276 e. The van der Waals surface area contributed by atoms with Gasteiger partial charge in [0.1, 0.15) is 0 Å². The number of rotatable bonds is 4. The molecule has 1 amide bonds. The normalized spacial score (nSPS) is 10.9. The lowest BCUT2D eigenvalue weighted by molar-refractivity contribution is 0.0760. The molecule has 0 bridgehead atoms. The highest BCUT2D eigenvalue weighted by atomic mass is 16.3. The van der Waals surface area contributed by atoms with Crippen molar-refractivity contribution in [1.82, 2.24) is 24.9 Å². The summed E-state index contributed by atoms with van der Waals surface area (Å²) in [5, 5.41) is 18.1. The molecule has 0 unspecified atom stereocenters. The molecule has 1 aromatic carbocycles. The molecule has 0 saturated heterocycles. The van der Waals surface area contributed by atoms with Gasteiger partial charge in [-0.15, -0.1) is 5.10 Å². The lowest BCUT2D eigenvalue weighted by Crippen LogP contribution is -2.30. The number of pyridine rings is 1. The fourth-order valence-electron chi connectivity index (χ4n) is 2.45. The zero-order valence-electron chi connectivity index (χ0n) is 13.0. The van der Waals surface area contributed by atoms with Gasteiger partial charge < -0.3 is 10.0 Å². The number of hydrogen-bond acceptors (Lipinski definition) is 5. The first kappa shape index (κ1) is 15.1. The zero-order valence-corrected chi connectivity index (χ0v) is 13.0. The molecule has 0 atom stereocenters. The quantitative estimate of drug-likeness (QED) is 0.782. The van der Waals surface area contributed by atoms with Crippen LogP contribution in [0.2, 0.25) is 0 Å². The van der Waals surface area contributed by atoms with Crippen molar-refractivity contribution in [2.75, 3.05) is 20.2 Å². The van der Waals surface area contributed by atoms with Gasteiger partial charge in [0.2, 0.25) is 0 Å². The summed E-state index contributed by atoms with van der Waals surface area (Å²) in [6, 6.07) is 9.63. The predicted molar refractivity (Wildman–Crippen MR) is 85.4 cm³/mol. The second-order valence-corrected chi connectivity index (χ2v) is 5.24. The van der Waals surface area contributed by atoms with Crippen LogP contribution in [0.1, 0.15) is 16.2 Å². The molecule has 3 aromatic rings. The van der Waals surface area contributed by atoms with Crippen molar-refractivity contribution in [3.8, 4) is 5.69 Å². The molecule has 0 aliphatic rings. The lowest BCUT2D eigenvalue weighted by Gasteiger charge is -2.14. The molecular formula is C16H17N5O2. The Morgan fingerprint density at radius 3 is 2.87 bits per heavy atom. The average Bonchev–Trinajstić information content (AvgIpc) is 2.95. The standard InChI is InChI=1S/C16H17N5O2/c1-11-14(16(23)20(2)9-10-22)18-19-21(11)13-7-3-5-12-6-4-8-17-15(12)13/h3-8,22H,9-10H2,1-2H3. The van der Waals surface area contributed by atoms with Crippen LogP contribution in [0, 0.1) is 6.92 Å². The number of benzene rings is 1. The summed E-state index contributed by atoms with van der Waals surface area (Å²) >= 11 is 0. The number of fused-ring (bicyclic) bond motifs is 1. The van der Waals surface area contributed by atoms with E-state index in [-0.39, 0.29) is 24.8 Å². The fraction of sp³-hybridized carbons (Fsp3) is 0.250. The summed E-state index contributed by atoms with van der Waals surface area (Å²) in [5.74, 6) is -0.268. The Labute approximate surface area is 133 Å². The van der Waals surface area contributed by atoms with Crippen LogP contribution in [0.5, 0.6) is 0 Å². The van der Waals surface area contributed by atoms with Gasteiger partial charge in [-0.3, -0.25) is 9.78 Å². The molecule has 118 valence electrons. The highest BCUT2D eigenvalue weighted by molar-refractivity contribution is 5.93. The SMILES string of the molecule is Cc1c(C(=O)N(C)CCO)nnn1-c1cccc2cccnc12. The number of amides is 1. The highest BCUT2D eigenvalue weighted by Crippen LogP contribution is 2.21. The Hall–Kier alpha value is -2.80. The van der Waals surface area contributed by atoms with Crippen LogP contribution in [-0.2, 0) is 0 Å². The van der Waals surface area contributed by atoms with Crippen molar-refractivity contribution in [3.63, 3.8) is 0 Å². The monoisotopic (exact) mass is 311 g/mol. The third kappa shape index (κ3) is 2.66. The molecule has 23 heavy (non-hydrogen) atoms. The predicted octanol–water partition coefficient (Wildman–Crippen LogP) is 1.19. The first-order chi connectivity index (χ1) is 11.1. The van der Waals surface area contributed by atoms with Crippen molar-refractivity contribution in [3.05, 3.63) is 47.9 Å². The van der Waals surface area contributed by atoms with Gasteiger partial charge in [0, 0.05) is 25.2 Å². The minimum absolute atomic E-state index is 0.0946. The molecule has 0 radical (unpaired) electrons. The number of aliphatic hydroxyl groups is 1. The Morgan fingerprint density at radius 2 is 2.09 bits per heavy atom. The van der Waals surface area contributed by atoms with Crippen LogP contribution < -0.4 is 0 Å². The number of nitrogens with zero attached hydrogens (tertiary/aromatic N) is 5. The van der Waals surface area contributed by atoms with Gasteiger partial charge in [-0.25, -0.2) is 4.68 Å². The van der Waals surface area contributed by atoms with Crippen LogP contribution >= 0.6 is 0 Å². The summed E-state index contributed by atoms with van der Waals surface area (Å²) < 4.78 is 1.62. The summed E-state index contributed by atoms with van der Waals surface area (Å²) in [5.41, 5.74) is 2.48. The van der Waals surface area contributed by atoms with Crippen molar-refractivity contribution < 1.29 is 9.90 Å². The van der Waals surface area contributed by atoms with E-state index in [4.69, 9.17) is 5.11 Å². The largest absolute Gasteiger partial charge is 0.395 e. The molecule has 7 nitrogen and oxygen atoms in total. The molecule has 1 N–H and O–H groups in total. The van der Waals surface area contributed by atoms with Gasteiger partial charge in [0.25, 0.3) is 5.91 Å². The number of hydrogen-bond donors (Lipinski definition) is 1. The summed E-state index contributed by atoms with van der Waals surface area (Å²) in [6.45, 7) is 1.95. The van der Waals surface area contributed by atoms with Crippen LogP contribution in [0.3, 0.4) is 0 Å². The van der Waals surface area contributed by atoms with Crippen LogP contribution in [0.25, 0.3) is 16.6 Å². The minimum atomic E-state index is -0.268. The van der Waals surface area contributed by atoms with Crippen LogP contribution in [-0.4, -0.2) is 56.1 Å². The molecule has 0 saturated carbocycles. The van der Waals surface area contributed by atoms with Crippen molar-refractivity contribution >= 4 is 16.8 Å². The van der Waals surface area contributed by atoms with Gasteiger partial charge in [-0.1, -0.05) is 23.4 Å². The topological polar surface area (TPSA) is 84.1 Å². The lowest BCUT2D eigenvalue weighted by atomic mass is 10.2. The second kappa shape index (κ2) is 6.13. The van der Waals surface area contributed by atoms with Gasteiger partial charge in [-0.05, 0) is 19.1 Å². The number of likely N-dealkylation sites (N-methyl/N-ethyl adjacent to an activating group) is 1. The van der Waals surface area contributed by atoms with E-state index in [0.29, 0.717) is 5.69 Å². The second-order valence-electron chi connectivity index (χ2n) is 5.24. The minimum Gasteiger partial charge on any atom is -0.395 e. The first-order valence-electron chi connectivity index (χ1n) is 7.26. The van der Waals surface area contributed by atoms with E-state index in [1.165, 1.54) is 4.90 Å². The molecular weight excluding hydrogens is 294 g/mol. The van der Waals surface area contributed by atoms with E-state index in [1.54, 1.807) is 24.9 Å². The zero-order chi connectivity index (χ0) is 16.4. The van der Waals surface area contributed by atoms with Crippen molar-refractivity contribution in [2.24, 2.45) is 0 Å². The van der Waals surface area contributed by atoms with Crippen LogP contribution in [0.4, 0.5) is 0 Å². The molecule has 2 aromatic heterocycles. The number of aromatic nitrogens is 4. The van der Waals surface area contributed by atoms with Crippen molar-refractivity contribution in [1.29, 1.82) is 0 Å². The molecule has 2 heterocycles. The maximum atomic E-state index is 12.3. The van der Waals surface area contributed by atoms with E-state index in [0.717, 1.165) is 16.6 Å².